The summed E-state index contributed by atoms with van der Waals surface area (Å²) in [6, 6.07) is 12.4. The quantitative estimate of drug-likeness (QED) is 0.458. The number of fused-ring (bicyclic) bond motifs is 2. The number of halogens is 2. The van der Waals surface area contributed by atoms with Crippen molar-refractivity contribution in [3.63, 3.8) is 0 Å². The first-order chi connectivity index (χ1) is 17.8. The molecule has 5 rings (SSSR count). The number of amides is 1. The Morgan fingerprint density at radius 3 is 2.34 bits per heavy atom. The summed E-state index contributed by atoms with van der Waals surface area (Å²) in [7, 11) is -7.91. The van der Waals surface area contributed by atoms with Crippen LogP contribution < -0.4 is 14.9 Å². The first kappa shape index (κ1) is 25.5. The van der Waals surface area contributed by atoms with E-state index in [1.807, 2.05) is 0 Å². The van der Waals surface area contributed by atoms with Gasteiger partial charge in [0.05, 0.1) is 34.5 Å². The number of sulfonamides is 1. The van der Waals surface area contributed by atoms with Crippen molar-refractivity contribution >= 4 is 48.6 Å². The summed E-state index contributed by atoms with van der Waals surface area (Å²) in [6.07, 6.45) is 0.913. The molecule has 13 heteroatoms. The molecular formula is C25H19F2N3O6S2. The molecule has 0 bridgehead atoms. The minimum atomic E-state index is -4.23. The van der Waals surface area contributed by atoms with Gasteiger partial charge >= 0.3 is 0 Å². The molecule has 1 unspecified atom stereocenters. The van der Waals surface area contributed by atoms with Gasteiger partial charge in [-0.05, 0) is 54.1 Å². The van der Waals surface area contributed by atoms with Gasteiger partial charge < -0.3 is 10.2 Å². The monoisotopic (exact) mass is 559 g/mol. The van der Waals surface area contributed by atoms with E-state index >= 15 is 0 Å². The Kier molecular flexibility index (Phi) is 6.07. The average Bonchev–Trinajstić information content (AvgIpc) is 2.82. The van der Waals surface area contributed by atoms with E-state index in [0.717, 1.165) is 29.9 Å². The van der Waals surface area contributed by atoms with Gasteiger partial charge in [-0.1, -0.05) is 12.1 Å². The molecule has 2 N–H and O–H groups in total. The van der Waals surface area contributed by atoms with E-state index in [-0.39, 0.29) is 39.8 Å². The number of sulfone groups is 1. The number of nitrogens with one attached hydrogen (secondary N) is 2. The number of Topliss-reactive ketones (excluding diaryl/α,β-unsaturated/α-hetero) is 1. The number of anilines is 3. The van der Waals surface area contributed by atoms with Crippen molar-refractivity contribution < 1.29 is 35.2 Å². The molecule has 2 heterocycles. The maximum absolute atomic E-state index is 14.1. The molecule has 3 aromatic rings. The summed E-state index contributed by atoms with van der Waals surface area (Å²) in [4.78, 5) is 28.1. The highest BCUT2D eigenvalue weighted by Crippen LogP contribution is 2.39. The smallest absolute Gasteiger partial charge is 0.244 e. The van der Waals surface area contributed by atoms with E-state index in [1.54, 1.807) is 0 Å². The van der Waals surface area contributed by atoms with Gasteiger partial charge in [0.25, 0.3) is 0 Å². The van der Waals surface area contributed by atoms with Gasteiger partial charge in [0.1, 0.15) is 17.6 Å². The molecule has 1 atom stereocenters. The molecule has 2 aliphatic heterocycles. The lowest BCUT2D eigenvalue weighted by atomic mass is 9.87. The number of carbonyl (C=O) groups is 2. The molecule has 0 saturated carbocycles. The fraction of sp³-hybridized carbons (Fsp3) is 0.120. The van der Waals surface area contributed by atoms with Crippen LogP contribution in [0.25, 0.3) is 0 Å². The lowest BCUT2D eigenvalue weighted by Gasteiger charge is -2.35. The Labute approximate surface area is 216 Å². The summed E-state index contributed by atoms with van der Waals surface area (Å²) in [5, 5.41) is 3.54. The van der Waals surface area contributed by atoms with Crippen LogP contribution in [0.2, 0.25) is 0 Å². The Morgan fingerprint density at radius 2 is 1.66 bits per heavy atom. The maximum Gasteiger partial charge on any atom is 0.244 e. The van der Waals surface area contributed by atoms with Crippen molar-refractivity contribution in [1.82, 2.24) is 0 Å². The molecule has 196 valence electrons. The van der Waals surface area contributed by atoms with E-state index in [9.17, 15) is 35.2 Å². The lowest BCUT2D eigenvalue weighted by Crippen LogP contribution is -2.46. The number of nitrogens with zero attached hydrogens (tertiary/aromatic N) is 1. The van der Waals surface area contributed by atoms with E-state index in [2.05, 4.69) is 10.0 Å². The van der Waals surface area contributed by atoms with E-state index in [4.69, 9.17) is 0 Å². The largest absolute Gasteiger partial charge is 0.356 e. The summed E-state index contributed by atoms with van der Waals surface area (Å²) in [5.74, 6) is -4.40. The number of hydrogen-bond donors (Lipinski definition) is 2. The molecule has 38 heavy (non-hydrogen) atoms. The maximum atomic E-state index is 14.1. The molecule has 1 amide bonds. The molecule has 0 radical (unpaired) electrons. The minimum Gasteiger partial charge on any atom is -0.356 e. The Bertz CT molecular complexity index is 1750. The normalized spacial score (nSPS) is 18.2. The van der Waals surface area contributed by atoms with Crippen LogP contribution in [0, 0.1) is 17.6 Å². The second-order valence-corrected chi connectivity index (χ2v) is 12.4. The van der Waals surface area contributed by atoms with Crippen LogP contribution in [0.5, 0.6) is 0 Å². The van der Waals surface area contributed by atoms with E-state index < -0.39 is 49.1 Å². The van der Waals surface area contributed by atoms with Crippen molar-refractivity contribution in [3.8, 4) is 0 Å². The zero-order valence-corrected chi connectivity index (χ0v) is 21.2. The number of hydrogen-bond acceptors (Lipinski definition) is 7. The fourth-order valence-corrected chi connectivity index (χ4v) is 6.32. The van der Waals surface area contributed by atoms with Crippen molar-refractivity contribution in [2.75, 3.05) is 21.2 Å². The first-order valence-corrected chi connectivity index (χ1v) is 14.5. The average molecular weight is 560 g/mol. The highest BCUT2D eigenvalue weighted by atomic mass is 32.2. The summed E-state index contributed by atoms with van der Waals surface area (Å²) in [6.45, 7) is -0.0847. The number of carbonyl (C=O) groups excluding carboxylic acids is 2. The summed E-state index contributed by atoms with van der Waals surface area (Å²) < 4.78 is 79.1. The Balaban J connectivity index is 1.57. The van der Waals surface area contributed by atoms with E-state index in [0.29, 0.717) is 5.56 Å². The molecule has 3 aromatic carbocycles. The van der Waals surface area contributed by atoms with Gasteiger partial charge in [-0.3, -0.25) is 14.3 Å². The number of rotatable bonds is 5. The Hall–Kier alpha value is -4.10. The third-order valence-corrected chi connectivity index (χ3v) is 8.13. The first-order valence-electron chi connectivity index (χ1n) is 11.1. The van der Waals surface area contributed by atoms with Crippen LogP contribution in [0.15, 0.2) is 76.7 Å². The predicted octanol–water partition coefficient (Wildman–Crippen LogP) is 3.42. The lowest BCUT2D eigenvalue weighted by molar-refractivity contribution is -0.120. The van der Waals surface area contributed by atoms with E-state index in [1.165, 1.54) is 47.4 Å². The van der Waals surface area contributed by atoms with Gasteiger partial charge in [-0.15, -0.1) is 0 Å². The van der Waals surface area contributed by atoms with Gasteiger partial charge in [0.2, 0.25) is 25.8 Å². The molecule has 2 aliphatic rings. The van der Waals surface area contributed by atoms with Crippen LogP contribution in [0.1, 0.15) is 15.9 Å². The van der Waals surface area contributed by atoms with Crippen molar-refractivity contribution in [2.24, 2.45) is 5.92 Å². The molecule has 0 spiro atoms. The third kappa shape index (κ3) is 4.77. The molecule has 0 aliphatic carbocycles. The molecule has 0 saturated heterocycles. The SMILES string of the molecule is CS(=O)(=O)Nc1ccc2c(c1)S(=O)(=O)C=C(C1C(=O)c3cc(F)ccc3N(Cc3ccc(F)cc3)C1=O)N2. The molecular weight excluding hydrogens is 540 g/mol. The van der Waals surface area contributed by atoms with Gasteiger partial charge in [0, 0.05) is 16.9 Å². The van der Waals surface area contributed by atoms with Crippen LogP contribution >= 0.6 is 0 Å². The van der Waals surface area contributed by atoms with Gasteiger partial charge in [-0.2, -0.15) is 0 Å². The van der Waals surface area contributed by atoms with Crippen molar-refractivity contribution in [3.05, 3.63) is 94.5 Å². The second-order valence-electron chi connectivity index (χ2n) is 8.84. The number of ketones is 1. The highest BCUT2D eigenvalue weighted by molar-refractivity contribution is 7.94. The molecule has 0 aromatic heterocycles. The summed E-state index contributed by atoms with van der Waals surface area (Å²) >= 11 is 0. The fourth-order valence-electron chi connectivity index (χ4n) is 4.39. The minimum absolute atomic E-state index is 0.00756. The predicted molar refractivity (Wildman–Crippen MR) is 136 cm³/mol. The summed E-state index contributed by atoms with van der Waals surface area (Å²) in [5.41, 5.74) is 0.340. The van der Waals surface area contributed by atoms with Gasteiger partial charge in [-0.25, -0.2) is 25.6 Å². The molecule has 0 fully saturated rings. The van der Waals surface area contributed by atoms with Gasteiger partial charge in [0.15, 0.2) is 5.78 Å². The van der Waals surface area contributed by atoms with Crippen molar-refractivity contribution in [2.45, 2.75) is 11.4 Å². The standard InChI is InChI=1S/C25H19F2N3O6S2/c1-37(33,34)29-17-7-8-19-22(11-17)38(35,36)13-20(28-19)23-24(31)18-10-16(27)6-9-21(18)30(25(23)32)12-14-2-4-15(26)5-3-14/h2-11,13,23,28-29H,12H2,1H3. The van der Waals surface area contributed by atoms with Crippen LogP contribution in [0.4, 0.5) is 25.8 Å². The molecule has 9 nitrogen and oxygen atoms in total. The zero-order chi connectivity index (χ0) is 27.4. The van der Waals surface area contributed by atoms with Crippen LogP contribution in [-0.4, -0.2) is 34.8 Å². The zero-order valence-electron chi connectivity index (χ0n) is 19.6. The topological polar surface area (TPSA) is 130 Å². The Morgan fingerprint density at radius 1 is 0.974 bits per heavy atom. The van der Waals surface area contributed by atoms with Crippen LogP contribution in [-0.2, 0) is 31.2 Å². The second kappa shape index (κ2) is 9.03. The van der Waals surface area contributed by atoms with Crippen molar-refractivity contribution in [1.29, 1.82) is 0 Å². The number of benzene rings is 3. The van der Waals surface area contributed by atoms with Crippen LogP contribution in [0.3, 0.4) is 0 Å². The highest BCUT2D eigenvalue weighted by Gasteiger charge is 2.44. The third-order valence-electron chi connectivity index (χ3n) is 6.01.